The Bertz CT molecular complexity index is 835. The molecule has 4 nitrogen and oxygen atoms in total. The van der Waals surface area contributed by atoms with Gasteiger partial charge in [0.1, 0.15) is 22.6 Å². The van der Waals surface area contributed by atoms with Crippen LogP contribution in [0.15, 0.2) is 18.2 Å². The van der Waals surface area contributed by atoms with E-state index in [-0.39, 0.29) is 6.04 Å². The smallest absolute Gasteiger partial charge is 0.131 e. The summed E-state index contributed by atoms with van der Waals surface area (Å²) in [4.78, 5) is 4.48. The van der Waals surface area contributed by atoms with Gasteiger partial charge < -0.3 is 15.2 Å². The summed E-state index contributed by atoms with van der Waals surface area (Å²) in [7, 11) is 0. The lowest BCUT2D eigenvalue weighted by Gasteiger charge is -2.43. The topological polar surface area (TPSA) is 54.4 Å². The van der Waals surface area contributed by atoms with E-state index >= 15 is 0 Å². The maximum absolute atomic E-state index is 11.0. The molecular weight excluding hydrogens is 360 g/mol. The summed E-state index contributed by atoms with van der Waals surface area (Å²) in [5.41, 5.74) is 2.16. The van der Waals surface area contributed by atoms with Gasteiger partial charge in [0.15, 0.2) is 0 Å². The first kappa shape index (κ1) is 20.4. The molecule has 3 unspecified atom stereocenters. The molecule has 148 valence electrons. The number of fused-ring (bicyclic) bond motifs is 2. The number of hydrogen-bond acceptors (Lipinski definition) is 4. The van der Waals surface area contributed by atoms with E-state index in [1.54, 1.807) is 0 Å². The number of aliphatic hydroxyl groups excluding tert-OH is 1. The maximum atomic E-state index is 11.0. The van der Waals surface area contributed by atoms with E-state index < -0.39 is 11.7 Å². The van der Waals surface area contributed by atoms with Crippen molar-refractivity contribution in [3.63, 3.8) is 0 Å². The summed E-state index contributed by atoms with van der Waals surface area (Å²) >= 11 is 6.17. The van der Waals surface area contributed by atoms with Gasteiger partial charge in [-0.3, -0.25) is 0 Å². The molecule has 1 aromatic carbocycles. The molecule has 3 rings (SSSR count). The maximum Gasteiger partial charge on any atom is 0.131 e. The predicted octanol–water partition coefficient (Wildman–Crippen LogP) is 5.18. The number of ether oxygens (including phenoxy) is 1. The second kappa shape index (κ2) is 7.57. The fourth-order valence-electron chi connectivity index (χ4n) is 3.80. The Labute approximate surface area is 167 Å². The number of aromatic nitrogens is 1. The Hall–Kier alpha value is -1.36. The van der Waals surface area contributed by atoms with Gasteiger partial charge in [-0.2, -0.15) is 0 Å². The van der Waals surface area contributed by atoms with Crippen molar-refractivity contribution in [1.29, 1.82) is 0 Å². The van der Waals surface area contributed by atoms with Crippen LogP contribution in [0.5, 0.6) is 5.75 Å². The Kier molecular flexibility index (Phi) is 5.72. The molecule has 27 heavy (non-hydrogen) atoms. The molecule has 0 fully saturated rings. The molecule has 1 aliphatic heterocycles. The molecule has 0 aliphatic carbocycles. The Morgan fingerprint density at radius 1 is 1.22 bits per heavy atom. The first-order valence-electron chi connectivity index (χ1n) is 9.82. The van der Waals surface area contributed by atoms with Crippen LogP contribution in [-0.4, -0.2) is 27.8 Å². The van der Waals surface area contributed by atoms with E-state index in [2.05, 4.69) is 31.1 Å². The third kappa shape index (κ3) is 4.23. The lowest BCUT2D eigenvalue weighted by molar-refractivity contribution is -0.0662. The molecule has 0 bridgehead atoms. The summed E-state index contributed by atoms with van der Waals surface area (Å²) in [5.74, 6) is 1.47. The molecule has 0 spiro atoms. The highest BCUT2D eigenvalue weighted by Gasteiger charge is 2.43. The van der Waals surface area contributed by atoms with Crippen molar-refractivity contribution in [2.24, 2.45) is 5.92 Å². The average Bonchev–Trinajstić information content (AvgIpc) is 2.56. The van der Waals surface area contributed by atoms with Crippen LogP contribution in [0.2, 0.25) is 5.15 Å². The van der Waals surface area contributed by atoms with Crippen LogP contribution in [0.1, 0.15) is 64.6 Å². The Morgan fingerprint density at radius 2 is 1.93 bits per heavy atom. The molecule has 1 aromatic heterocycles. The van der Waals surface area contributed by atoms with E-state index in [0.29, 0.717) is 17.1 Å². The molecule has 1 aliphatic rings. The van der Waals surface area contributed by atoms with E-state index in [4.69, 9.17) is 16.3 Å². The summed E-state index contributed by atoms with van der Waals surface area (Å²) in [5, 5.41) is 16.2. The van der Waals surface area contributed by atoms with E-state index in [1.165, 1.54) is 0 Å². The quantitative estimate of drug-likeness (QED) is 0.690. The molecule has 5 heteroatoms. The van der Waals surface area contributed by atoms with Crippen molar-refractivity contribution < 1.29 is 9.84 Å². The minimum atomic E-state index is -0.677. The van der Waals surface area contributed by atoms with Gasteiger partial charge >= 0.3 is 0 Å². The summed E-state index contributed by atoms with van der Waals surface area (Å²) in [6.45, 7) is 12.5. The van der Waals surface area contributed by atoms with E-state index in [1.807, 2.05) is 39.0 Å². The van der Waals surface area contributed by atoms with Gasteiger partial charge in [0.2, 0.25) is 0 Å². The number of hydrogen-bond donors (Lipinski definition) is 2. The molecule has 0 radical (unpaired) electrons. The number of halogens is 1. The zero-order valence-electron chi connectivity index (χ0n) is 17.1. The van der Waals surface area contributed by atoms with E-state index in [9.17, 15) is 5.11 Å². The first-order chi connectivity index (χ1) is 12.6. The van der Waals surface area contributed by atoms with Gasteiger partial charge in [-0.15, -0.1) is 0 Å². The molecule has 3 atom stereocenters. The SMILES string of the molecule is Cc1cc(Cl)nc2cc3c(cc12)OC(C)(C)C(O)C3NC(C)CCC(C)C. The largest absolute Gasteiger partial charge is 0.485 e. The van der Waals surface area contributed by atoms with Crippen LogP contribution in [0.4, 0.5) is 0 Å². The van der Waals surface area contributed by atoms with Gasteiger partial charge in [-0.05, 0) is 70.2 Å². The number of benzene rings is 1. The highest BCUT2D eigenvalue weighted by atomic mass is 35.5. The van der Waals surface area contributed by atoms with Gasteiger partial charge in [-0.25, -0.2) is 4.98 Å². The summed E-state index contributed by atoms with van der Waals surface area (Å²) in [6.07, 6.45) is 1.55. The third-order valence-electron chi connectivity index (χ3n) is 5.49. The van der Waals surface area contributed by atoms with Gasteiger partial charge in [0.05, 0.1) is 11.6 Å². The average molecular weight is 391 g/mol. The second-order valence-corrected chi connectivity index (χ2v) is 9.22. The van der Waals surface area contributed by atoms with Gasteiger partial charge in [0, 0.05) is 17.0 Å². The van der Waals surface area contributed by atoms with Crippen molar-refractivity contribution in [3.05, 3.63) is 34.5 Å². The van der Waals surface area contributed by atoms with E-state index in [0.717, 1.165) is 40.6 Å². The molecule has 2 aromatic rings. The Morgan fingerprint density at radius 3 is 2.59 bits per heavy atom. The number of aliphatic hydroxyl groups is 1. The summed E-state index contributed by atoms with van der Waals surface area (Å²) < 4.78 is 6.18. The van der Waals surface area contributed by atoms with Gasteiger partial charge in [0.25, 0.3) is 0 Å². The molecular formula is C22H31ClN2O2. The molecule has 2 N–H and O–H groups in total. The standard InChI is InChI=1S/C22H31ClN2O2/c1-12(2)7-8-14(4)24-20-16-10-17-15(13(3)9-19(23)25-17)11-18(16)27-22(5,6)21(20)26/h9-12,14,20-21,24,26H,7-8H2,1-6H3. The predicted molar refractivity (Wildman–Crippen MR) is 112 cm³/mol. The fraction of sp³-hybridized carbons (Fsp3) is 0.591. The van der Waals surface area contributed by atoms with Crippen molar-refractivity contribution in [3.8, 4) is 5.75 Å². The first-order valence-corrected chi connectivity index (χ1v) is 10.2. The van der Waals surface area contributed by atoms with Crippen LogP contribution in [-0.2, 0) is 0 Å². The van der Waals surface area contributed by atoms with Crippen LogP contribution >= 0.6 is 11.6 Å². The second-order valence-electron chi connectivity index (χ2n) is 8.84. The van der Waals surface area contributed by atoms with Crippen molar-refractivity contribution in [2.45, 2.75) is 78.2 Å². The Balaban J connectivity index is 2.02. The van der Waals surface area contributed by atoms with Gasteiger partial charge in [-0.1, -0.05) is 25.4 Å². The molecule has 2 heterocycles. The van der Waals surface area contributed by atoms with Crippen molar-refractivity contribution >= 4 is 22.5 Å². The minimum Gasteiger partial charge on any atom is -0.485 e. The van der Waals surface area contributed by atoms with Crippen LogP contribution in [0, 0.1) is 12.8 Å². The highest BCUT2D eigenvalue weighted by Crippen LogP contribution is 2.42. The lowest BCUT2D eigenvalue weighted by Crippen LogP contribution is -2.53. The number of aryl methyl sites for hydroxylation is 1. The molecule has 0 amide bonds. The number of rotatable bonds is 5. The molecule has 0 saturated carbocycles. The number of nitrogens with zero attached hydrogens (tertiary/aromatic N) is 1. The minimum absolute atomic E-state index is 0.212. The fourth-order valence-corrected chi connectivity index (χ4v) is 4.05. The third-order valence-corrected chi connectivity index (χ3v) is 5.69. The zero-order valence-corrected chi connectivity index (χ0v) is 17.9. The highest BCUT2D eigenvalue weighted by molar-refractivity contribution is 6.29. The van der Waals surface area contributed by atoms with Crippen LogP contribution in [0.25, 0.3) is 10.9 Å². The van der Waals surface area contributed by atoms with Crippen LogP contribution in [0.3, 0.4) is 0 Å². The lowest BCUT2D eigenvalue weighted by atomic mass is 9.85. The number of nitrogens with one attached hydrogen (secondary N) is 1. The monoisotopic (exact) mass is 390 g/mol. The summed E-state index contributed by atoms with van der Waals surface area (Å²) in [6, 6.07) is 5.98. The number of pyridine rings is 1. The molecule has 0 saturated heterocycles. The van der Waals surface area contributed by atoms with Crippen LogP contribution < -0.4 is 10.1 Å². The zero-order chi connectivity index (χ0) is 19.9. The van der Waals surface area contributed by atoms with Crippen molar-refractivity contribution in [1.82, 2.24) is 10.3 Å². The normalized spacial score (nSPS) is 22.6. The van der Waals surface area contributed by atoms with Crippen molar-refractivity contribution in [2.75, 3.05) is 0 Å².